The second-order valence-corrected chi connectivity index (χ2v) is 3.73. The van der Waals surface area contributed by atoms with Crippen molar-refractivity contribution in [3.8, 4) is 0 Å². The van der Waals surface area contributed by atoms with E-state index in [0.717, 1.165) is 6.61 Å². The van der Waals surface area contributed by atoms with Crippen LogP contribution in [0.2, 0.25) is 0 Å². The Hall–Kier alpha value is -0.770. The second-order valence-electron chi connectivity index (χ2n) is 3.73. The van der Waals surface area contributed by atoms with Crippen molar-refractivity contribution in [2.45, 2.75) is 32.8 Å². The summed E-state index contributed by atoms with van der Waals surface area (Å²) in [6, 6.07) is 0. The summed E-state index contributed by atoms with van der Waals surface area (Å²) in [6.07, 6.45) is 1.55. The molecule has 0 aromatic rings. The maximum atomic E-state index is 10.6. The first-order valence-electron chi connectivity index (χ1n) is 5.13. The van der Waals surface area contributed by atoms with E-state index in [-0.39, 0.29) is 6.10 Å². The molecule has 82 valence electrons. The molecule has 1 rings (SSSR count). The van der Waals surface area contributed by atoms with Crippen LogP contribution >= 0.6 is 0 Å². The zero-order valence-electron chi connectivity index (χ0n) is 8.82. The summed E-state index contributed by atoms with van der Waals surface area (Å²) in [5, 5.41) is 0. The number of hydrogen-bond acceptors (Lipinski definition) is 4. The second kappa shape index (κ2) is 5.86. The van der Waals surface area contributed by atoms with Gasteiger partial charge < -0.3 is 14.2 Å². The zero-order chi connectivity index (χ0) is 10.4. The van der Waals surface area contributed by atoms with Gasteiger partial charge in [-0.25, -0.2) is 4.79 Å². The fourth-order valence-electron chi connectivity index (χ4n) is 1.42. The third kappa shape index (κ3) is 3.96. The number of carbonyl (C=O) groups is 1. The summed E-state index contributed by atoms with van der Waals surface area (Å²) in [5.74, 6) is 0.568. The van der Waals surface area contributed by atoms with Gasteiger partial charge in [0, 0.05) is 6.61 Å². The Labute approximate surface area is 84.5 Å². The van der Waals surface area contributed by atoms with E-state index in [9.17, 15) is 4.79 Å². The third-order valence-electron chi connectivity index (χ3n) is 2.14. The first-order valence-corrected chi connectivity index (χ1v) is 5.13. The van der Waals surface area contributed by atoms with E-state index in [0.29, 0.717) is 19.1 Å². The van der Waals surface area contributed by atoms with Crippen molar-refractivity contribution in [3.63, 3.8) is 0 Å². The van der Waals surface area contributed by atoms with Gasteiger partial charge in [-0.15, -0.1) is 0 Å². The van der Waals surface area contributed by atoms with Crippen molar-refractivity contribution in [1.82, 2.24) is 0 Å². The lowest BCUT2D eigenvalue weighted by atomic mass is 10.1. The normalized spacial score (nSPS) is 23.0. The molecule has 0 N–H and O–H groups in total. The fraction of sp³-hybridized carbons (Fsp3) is 0.900. The van der Waals surface area contributed by atoms with E-state index < -0.39 is 6.16 Å². The molecule has 0 aromatic heterocycles. The Morgan fingerprint density at radius 2 is 2.43 bits per heavy atom. The van der Waals surface area contributed by atoms with Crippen molar-refractivity contribution >= 4 is 6.16 Å². The van der Waals surface area contributed by atoms with Gasteiger partial charge in [0.2, 0.25) is 0 Å². The standard InChI is InChI=1S/C10H18O4/c1-3-4-8(2)5-12-6-9-7-13-10(11)14-9/h8-9H,3-7H2,1-2H3. The Morgan fingerprint density at radius 3 is 3.00 bits per heavy atom. The van der Waals surface area contributed by atoms with E-state index in [2.05, 4.69) is 18.6 Å². The van der Waals surface area contributed by atoms with Gasteiger partial charge in [-0.2, -0.15) is 0 Å². The van der Waals surface area contributed by atoms with Crippen LogP contribution in [-0.2, 0) is 14.2 Å². The molecule has 0 spiro atoms. The first-order chi connectivity index (χ1) is 6.72. The Balaban J connectivity index is 2.01. The minimum Gasteiger partial charge on any atom is -0.430 e. The summed E-state index contributed by atoms with van der Waals surface area (Å²) in [4.78, 5) is 10.6. The highest BCUT2D eigenvalue weighted by atomic mass is 16.8. The molecule has 0 amide bonds. The van der Waals surface area contributed by atoms with Gasteiger partial charge in [0.15, 0.2) is 6.10 Å². The molecule has 2 unspecified atom stereocenters. The summed E-state index contributed by atoms with van der Waals surface area (Å²) < 4.78 is 14.9. The minimum atomic E-state index is -0.583. The van der Waals surface area contributed by atoms with Gasteiger partial charge in [0.1, 0.15) is 6.61 Å². The highest BCUT2D eigenvalue weighted by Gasteiger charge is 2.24. The lowest BCUT2D eigenvalue weighted by Crippen LogP contribution is -2.20. The third-order valence-corrected chi connectivity index (χ3v) is 2.14. The Morgan fingerprint density at radius 1 is 1.64 bits per heavy atom. The Kier molecular flexibility index (Phi) is 4.73. The maximum Gasteiger partial charge on any atom is 0.508 e. The van der Waals surface area contributed by atoms with Gasteiger partial charge in [-0.1, -0.05) is 20.3 Å². The average Bonchev–Trinajstić information content (AvgIpc) is 2.52. The van der Waals surface area contributed by atoms with Crippen molar-refractivity contribution < 1.29 is 19.0 Å². The van der Waals surface area contributed by atoms with Crippen LogP contribution in [0.3, 0.4) is 0 Å². The molecule has 0 radical (unpaired) electrons. The maximum absolute atomic E-state index is 10.6. The predicted molar refractivity (Wildman–Crippen MR) is 51.1 cm³/mol. The van der Waals surface area contributed by atoms with Crippen molar-refractivity contribution in [2.24, 2.45) is 5.92 Å². The van der Waals surface area contributed by atoms with Crippen molar-refractivity contribution in [1.29, 1.82) is 0 Å². The van der Waals surface area contributed by atoms with E-state index in [1.807, 2.05) is 0 Å². The molecule has 0 aliphatic carbocycles. The smallest absolute Gasteiger partial charge is 0.430 e. The van der Waals surface area contributed by atoms with Crippen LogP contribution in [0.15, 0.2) is 0 Å². The lowest BCUT2D eigenvalue weighted by Gasteiger charge is -2.12. The first kappa shape index (κ1) is 11.3. The van der Waals surface area contributed by atoms with Crippen LogP contribution in [-0.4, -0.2) is 32.1 Å². The molecule has 1 heterocycles. The molecule has 0 bridgehead atoms. The van der Waals surface area contributed by atoms with E-state index in [4.69, 9.17) is 9.47 Å². The molecule has 1 saturated heterocycles. The number of cyclic esters (lactones) is 2. The quantitative estimate of drug-likeness (QED) is 0.618. The molecule has 0 aromatic carbocycles. The van der Waals surface area contributed by atoms with Crippen LogP contribution in [0.5, 0.6) is 0 Å². The largest absolute Gasteiger partial charge is 0.508 e. The van der Waals surface area contributed by atoms with Crippen molar-refractivity contribution in [2.75, 3.05) is 19.8 Å². The zero-order valence-corrected chi connectivity index (χ0v) is 8.82. The van der Waals surface area contributed by atoms with Gasteiger partial charge in [-0.3, -0.25) is 0 Å². The molecule has 2 atom stereocenters. The molecule has 1 aliphatic heterocycles. The summed E-state index contributed by atoms with van der Waals surface area (Å²) in [7, 11) is 0. The molecule has 14 heavy (non-hydrogen) atoms. The van der Waals surface area contributed by atoms with Crippen LogP contribution < -0.4 is 0 Å². The average molecular weight is 202 g/mol. The number of carbonyl (C=O) groups excluding carboxylic acids is 1. The number of ether oxygens (including phenoxy) is 3. The topological polar surface area (TPSA) is 44.8 Å². The van der Waals surface area contributed by atoms with E-state index in [1.54, 1.807) is 0 Å². The summed E-state index contributed by atoms with van der Waals surface area (Å²) >= 11 is 0. The van der Waals surface area contributed by atoms with Crippen LogP contribution in [0, 0.1) is 5.92 Å². The lowest BCUT2D eigenvalue weighted by molar-refractivity contribution is 0.0316. The molecule has 1 fully saturated rings. The van der Waals surface area contributed by atoms with Gasteiger partial charge >= 0.3 is 6.16 Å². The summed E-state index contributed by atoms with van der Waals surface area (Å²) in [5.41, 5.74) is 0. The highest BCUT2D eigenvalue weighted by molar-refractivity contribution is 5.61. The van der Waals surface area contributed by atoms with Crippen LogP contribution in [0.1, 0.15) is 26.7 Å². The number of hydrogen-bond donors (Lipinski definition) is 0. The predicted octanol–water partition coefficient (Wildman–Crippen LogP) is 1.97. The number of rotatable bonds is 6. The SMILES string of the molecule is CCCC(C)COCC1COC(=O)O1. The van der Waals surface area contributed by atoms with E-state index in [1.165, 1.54) is 12.8 Å². The van der Waals surface area contributed by atoms with Crippen molar-refractivity contribution in [3.05, 3.63) is 0 Å². The Bertz CT molecular complexity index is 181. The summed E-state index contributed by atoms with van der Waals surface area (Å²) in [6.45, 7) is 5.80. The van der Waals surface area contributed by atoms with Gasteiger partial charge in [0.25, 0.3) is 0 Å². The molecule has 4 heteroatoms. The fourth-order valence-corrected chi connectivity index (χ4v) is 1.42. The monoisotopic (exact) mass is 202 g/mol. The molecular weight excluding hydrogens is 184 g/mol. The molecular formula is C10H18O4. The molecule has 1 aliphatic rings. The van der Waals surface area contributed by atoms with Gasteiger partial charge in [0.05, 0.1) is 6.61 Å². The highest BCUT2D eigenvalue weighted by Crippen LogP contribution is 2.09. The van der Waals surface area contributed by atoms with E-state index >= 15 is 0 Å². The van der Waals surface area contributed by atoms with Crippen LogP contribution in [0.4, 0.5) is 4.79 Å². The van der Waals surface area contributed by atoms with Crippen LogP contribution in [0.25, 0.3) is 0 Å². The molecule has 4 nitrogen and oxygen atoms in total. The minimum absolute atomic E-state index is 0.212. The van der Waals surface area contributed by atoms with Gasteiger partial charge in [-0.05, 0) is 12.3 Å². The molecule has 0 saturated carbocycles.